The van der Waals surface area contributed by atoms with E-state index in [1.54, 1.807) is 0 Å². The van der Waals surface area contributed by atoms with Crippen molar-refractivity contribution in [3.63, 3.8) is 0 Å². The van der Waals surface area contributed by atoms with Crippen LogP contribution in [0.15, 0.2) is 0 Å². The number of carbonyl (C=O) groups excluding carboxylic acids is 1. The smallest absolute Gasteiger partial charge is 0.227 e. The molecule has 3 heterocycles. The molecule has 1 aromatic rings. The average Bonchev–Trinajstić information content (AvgIpc) is 3.07. The lowest BCUT2D eigenvalue weighted by atomic mass is 10.1. The van der Waals surface area contributed by atoms with Crippen molar-refractivity contribution in [1.82, 2.24) is 20.0 Å². The molecule has 2 atom stereocenters. The summed E-state index contributed by atoms with van der Waals surface area (Å²) in [5.41, 5.74) is 3.19. The van der Waals surface area contributed by atoms with Crippen LogP contribution < -0.4 is 5.32 Å². The Bertz CT molecular complexity index is 581. The average molecular weight is 320 g/mol. The molecule has 2 aliphatic rings. The number of nitrogens with zero attached hydrogens (tertiary/aromatic N) is 3. The molecule has 0 radical (unpaired) electrons. The van der Waals surface area contributed by atoms with Gasteiger partial charge in [-0.1, -0.05) is 13.8 Å². The Morgan fingerprint density at radius 1 is 1.39 bits per heavy atom. The van der Waals surface area contributed by atoms with Crippen molar-refractivity contribution in [2.24, 2.45) is 5.92 Å². The molecule has 23 heavy (non-hydrogen) atoms. The lowest BCUT2D eigenvalue weighted by Crippen LogP contribution is -2.53. The maximum atomic E-state index is 12.9. The quantitative estimate of drug-likeness (QED) is 0.895. The van der Waals surface area contributed by atoms with Crippen LogP contribution in [-0.4, -0.2) is 59.0 Å². The molecule has 1 N–H and O–H groups in total. The number of nitrogens with one attached hydrogen (secondary N) is 1. The van der Waals surface area contributed by atoms with Crippen molar-refractivity contribution in [2.45, 2.75) is 52.8 Å². The first-order valence-electron chi connectivity index (χ1n) is 8.62. The van der Waals surface area contributed by atoms with E-state index >= 15 is 0 Å². The van der Waals surface area contributed by atoms with Gasteiger partial charge in [0.1, 0.15) is 0 Å². The van der Waals surface area contributed by atoms with Gasteiger partial charge in [0, 0.05) is 37.4 Å². The highest BCUT2D eigenvalue weighted by molar-refractivity contribution is 5.80. The van der Waals surface area contributed by atoms with E-state index in [-0.39, 0.29) is 18.1 Å². The molecule has 2 fully saturated rings. The van der Waals surface area contributed by atoms with Crippen molar-refractivity contribution in [3.05, 3.63) is 17.0 Å². The fraction of sp³-hybridized carbons (Fsp3) is 0.765. The van der Waals surface area contributed by atoms with Crippen molar-refractivity contribution >= 4 is 5.91 Å². The molecule has 2 aliphatic heterocycles. The summed E-state index contributed by atoms with van der Waals surface area (Å²) in [5.74, 6) is 0.739. The molecule has 0 spiro atoms. The standard InChI is InChI=1S/C17H28N4O2/c1-11(2)10-21-13(4)14(12(3)19-21)7-17(22)20-5-6-23-16-9-18-8-15(16)20/h11,15-16,18H,5-10H2,1-4H3/t15-,16+/m1/s1. The third-order valence-electron chi connectivity index (χ3n) is 4.91. The highest BCUT2D eigenvalue weighted by Crippen LogP contribution is 2.21. The number of aromatic nitrogens is 2. The number of morpholine rings is 1. The van der Waals surface area contributed by atoms with Crippen LogP contribution in [0.25, 0.3) is 0 Å². The van der Waals surface area contributed by atoms with Gasteiger partial charge < -0.3 is 15.0 Å². The van der Waals surface area contributed by atoms with Gasteiger partial charge >= 0.3 is 0 Å². The first-order chi connectivity index (χ1) is 11.0. The van der Waals surface area contributed by atoms with E-state index in [1.165, 1.54) is 0 Å². The zero-order valence-corrected chi connectivity index (χ0v) is 14.6. The number of amides is 1. The number of ether oxygens (including phenoxy) is 1. The number of rotatable bonds is 4. The summed E-state index contributed by atoms with van der Waals surface area (Å²) in [6, 6.07) is 0.183. The number of aryl methyl sites for hydroxylation is 1. The van der Waals surface area contributed by atoms with Crippen molar-refractivity contribution < 1.29 is 9.53 Å². The minimum absolute atomic E-state index is 0.151. The molecular formula is C17H28N4O2. The minimum Gasteiger partial charge on any atom is -0.373 e. The summed E-state index contributed by atoms with van der Waals surface area (Å²) in [4.78, 5) is 14.9. The molecule has 1 aromatic heterocycles. The van der Waals surface area contributed by atoms with Gasteiger partial charge in [-0.2, -0.15) is 5.10 Å². The summed E-state index contributed by atoms with van der Waals surface area (Å²) in [6.45, 7) is 12.4. The Labute approximate surface area is 138 Å². The normalized spacial score (nSPS) is 24.3. The topological polar surface area (TPSA) is 59.4 Å². The molecule has 1 amide bonds. The van der Waals surface area contributed by atoms with Crippen molar-refractivity contribution in [2.75, 3.05) is 26.2 Å². The molecular weight excluding hydrogens is 292 g/mol. The molecule has 0 aromatic carbocycles. The summed E-state index contributed by atoms with van der Waals surface area (Å²) in [6.07, 6.45) is 0.595. The second-order valence-electron chi connectivity index (χ2n) is 7.12. The fourth-order valence-electron chi connectivity index (χ4n) is 3.67. The lowest BCUT2D eigenvalue weighted by Gasteiger charge is -2.37. The summed E-state index contributed by atoms with van der Waals surface area (Å²) < 4.78 is 7.80. The van der Waals surface area contributed by atoms with E-state index in [4.69, 9.17) is 4.74 Å². The predicted molar refractivity (Wildman–Crippen MR) is 88.4 cm³/mol. The molecule has 6 heteroatoms. The largest absolute Gasteiger partial charge is 0.373 e. The van der Waals surface area contributed by atoms with Gasteiger partial charge in [0.05, 0.1) is 30.9 Å². The Balaban J connectivity index is 1.74. The first-order valence-corrected chi connectivity index (χ1v) is 8.62. The van der Waals surface area contributed by atoms with E-state index in [0.29, 0.717) is 25.5 Å². The SMILES string of the molecule is Cc1nn(CC(C)C)c(C)c1CC(=O)N1CCO[C@H]2CNC[C@H]21. The van der Waals surface area contributed by atoms with Crippen LogP contribution in [-0.2, 0) is 22.5 Å². The Morgan fingerprint density at radius 2 is 2.17 bits per heavy atom. The maximum Gasteiger partial charge on any atom is 0.227 e. The third-order valence-corrected chi connectivity index (χ3v) is 4.91. The zero-order valence-electron chi connectivity index (χ0n) is 14.6. The van der Waals surface area contributed by atoms with Gasteiger partial charge in [-0.15, -0.1) is 0 Å². The van der Waals surface area contributed by atoms with E-state index in [2.05, 4.69) is 31.2 Å². The van der Waals surface area contributed by atoms with E-state index in [9.17, 15) is 4.79 Å². The molecule has 0 bridgehead atoms. The van der Waals surface area contributed by atoms with Gasteiger partial charge in [0.15, 0.2) is 0 Å². The highest BCUT2D eigenvalue weighted by Gasteiger charge is 2.38. The molecule has 6 nitrogen and oxygen atoms in total. The lowest BCUT2D eigenvalue weighted by molar-refractivity contribution is -0.142. The Hall–Kier alpha value is -1.40. The van der Waals surface area contributed by atoms with Gasteiger partial charge in [-0.05, 0) is 19.8 Å². The number of fused-ring (bicyclic) bond motifs is 1. The van der Waals surface area contributed by atoms with E-state index in [1.807, 2.05) is 16.5 Å². The molecule has 3 rings (SSSR count). The van der Waals surface area contributed by atoms with Crippen LogP contribution in [0.4, 0.5) is 0 Å². The van der Waals surface area contributed by atoms with Crippen LogP contribution >= 0.6 is 0 Å². The first kappa shape index (κ1) is 16.5. The minimum atomic E-state index is 0.151. The molecule has 0 unspecified atom stereocenters. The fourth-order valence-corrected chi connectivity index (χ4v) is 3.67. The van der Waals surface area contributed by atoms with Crippen LogP contribution in [0, 0.1) is 19.8 Å². The molecule has 2 saturated heterocycles. The third kappa shape index (κ3) is 3.28. The number of hydrogen-bond donors (Lipinski definition) is 1. The highest BCUT2D eigenvalue weighted by atomic mass is 16.5. The summed E-state index contributed by atoms with van der Waals surface area (Å²) in [7, 11) is 0. The van der Waals surface area contributed by atoms with Gasteiger partial charge in [0.25, 0.3) is 0 Å². The van der Waals surface area contributed by atoms with Gasteiger partial charge in [-0.3, -0.25) is 9.48 Å². The van der Waals surface area contributed by atoms with Crippen LogP contribution in [0.1, 0.15) is 30.8 Å². The molecule has 128 valence electrons. The maximum absolute atomic E-state index is 12.9. The van der Waals surface area contributed by atoms with Crippen molar-refractivity contribution in [1.29, 1.82) is 0 Å². The van der Waals surface area contributed by atoms with Crippen LogP contribution in [0.2, 0.25) is 0 Å². The summed E-state index contributed by atoms with van der Waals surface area (Å²) in [5, 5.41) is 7.95. The molecule has 0 saturated carbocycles. The summed E-state index contributed by atoms with van der Waals surface area (Å²) >= 11 is 0. The Morgan fingerprint density at radius 3 is 2.91 bits per heavy atom. The van der Waals surface area contributed by atoms with Crippen LogP contribution in [0.5, 0.6) is 0 Å². The molecule has 0 aliphatic carbocycles. The van der Waals surface area contributed by atoms with Gasteiger partial charge in [0.2, 0.25) is 5.91 Å². The van der Waals surface area contributed by atoms with E-state index in [0.717, 1.165) is 36.6 Å². The van der Waals surface area contributed by atoms with E-state index < -0.39 is 0 Å². The second kappa shape index (κ2) is 6.61. The zero-order chi connectivity index (χ0) is 16.6. The number of hydrogen-bond acceptors (Lipinski definition) is 4. The second-order valence-corrected chi connectivity index (χ2v) is 7.12. The predicted octanol–water partition coefficient (Wildman–Crippen LogP) is 0.898. The van der Waals surface area contributed by atoms with Crippen molar-refractivity contribution in [3.8, 4) is 0 Å². The van der Waals surface area contributed by atoms with Crippen LogP contribution in [0.3, 0.4) is 0 Å². The number of carbonyl (C=O) groups is 1. The monoisotopic (exact) mass is 320 g/mol. The Kier molecular flexibility index (Phi) is 4.73. The van der Waals surface area contributed by atoms with Gasteiger partial charge in [-0.25, -0.2) is 0 Å².